The minimum atomic E-state index is -0.429. The molecule has 98 valence electrons. The highest BCUT2D eigenvalue weighted by Crippen LogP contribution is 2.17. The van der Waals surface area contributed by atoms with Crippen molar-refractivity contribution in [3.8, 4) is 0 Å². The molecule has 19 heavy (non-hydrogen) atoms. The molecule has 0 aliphatic rings. The molecule has 2 aromatic carbocycles. The van der Waals surface area contributed by atoms with Gasteiger partial charge in [0.25, 0.3) is 0 Å². The van der Waals surface area contributed by atoms with Crippen molar-refractivity contribution in [3.63, 3.8) is 0 Å². The number of benzene rings is 2. The van der Waals surface area contributed by atoms with Gasteiger partial charge in [-0.05, 0) is 24.1 Å². The van der Waals surface area contributed by atoms with Gasteiger partial charge >= 0.3 is 5.97 Å². The molecule has 0 spiro atoms. The molecule has 2 aromatic rings. The zero-order valence-corrected chi connectivity index (χ0v) is 10.7. The van der Waals surface area contributed by atoms with Gasteiger partial charge < -0.3 is 4.74 Å². The molecule has 1 atom stereocenters. The Kier molecular flexibility index (Phi) is 4.29. The molecule has 0 heterocycles. The quantitative estimate of drug-likeness (QED) is 0.782. The van der Waals surface area contributed by atoms with E-state index in [-0.39, 0.29) is 18.3 Å². The Hall–Kier alpha value is -2.16. The van der Waals surface area contributed by atoms with Crippen LogP contribution in [0.3, 0.4) is 0 Å². The van der Waals surface area contributed by atoms with Gasteiger partial charge in [-0.2, -0.15) is 0 Å². The van der Waals surface area contributed by atoms with Crippen LogP contribution in [-0.4, -0.2) is 5.97 Å². The molecular formula is C16H15FO2. The normalized spacial score (nSPS) is 11.9. The Bertz CT molecular complexity index is 552. The van der Waals surface area contributed by atoms with Gasteiger partial charge in [0, 0.05) is 0 Å². The topological polar surface area (TPSA) is 26.3 Å². The van der Waals surface area contributed by atoms with Gasteiger partial charge in [-0.15, -0.1) is 0 Å². The van der Waals surface area contributed by atoms with Crippen LogP contribution in [0.5, 0.6) is 0 Å². The lowest BCUT2D eigenvalue weighted by Gasteiger charge is -2.13. The first-order valence-corrected chi connectivity index (χ1v) is 6.14. The maximum Gasteiger partial charge on any atom is 0.310 e. The van der Waals surface area contributed by atoms with Crippen molar-refractivity contribution in [1.82, 2.24) is 0 Å². The van der Waals surface area contributed by atoms with Crippen LogP contribution in [0.1, 0.15) is 24.2 Å². The van der Waals surface area contributed by atoms with Crippen molar-refractivity contribution >= 4 is 5.97 Å². The molecule has 0 N–H and O–H groups in total. The molecule has 0 amide bonds. The van der Waals surface area contributed by atoms with Crippen LogP contribution in [0.25, 0.3) is 0 Å². The molecule has 0 fully saturated rings. The zero-order chi connectivity index (χ0) is 13.7. The summed E-state index contributed by atoms with van der Waals surface area (Å²) >= 11 is 0. The van der Waals surface area contributed by atoms with Gasteiger partial charge in [0.15, 0.2) is 0 Å². The monoisotopic (exact) mass is 258 g/mol. The van der Waals surface area contributed by atoms with E-state index < -0.39 is 5.97 Å². The van der Waals surface area contributed by atoms with E-state index in [0.717, 1.165) is 5.56 Å². The van der Waals surface area contributed by atoms with E-state index in [1.807, 2.05) is 30.3 Å². The summed E-state index contributed by atoms with van der Waals surface area (Å²) in [5.41, 5.74) is 1.28. The summed E-state index contributed by atoms with van der Waals surface area (Å²) in [5, 5.41) is 0. The minimum Gasteiger partial charge on any atom is -0.458 e. The number of halogens is 1. The third-order valence-corrected chi connectivity index (χ3v) is 2.87. The molecule has 0 aromatic heterocycles. The Morgan fingerprint density at radius 1 is 1.11 bits per heavy atom. The summed E-state index contributed by atoms with van der Waals surface area (Å²) in [6.07, 6.45) is -0.385. The van der Waals surface area contributed by atoms with Crippen LogP contribution in [0.4, 0.5) is 4.39 Å². The Balaban J connectivity index is 1.97. The van der Waals surface area contributed by atoms with E-state index in [4.69, 9.17) is 4.74 Å². The molecule has 3 heteroatoms. The van der Waals surface area contributed by atoms with Crippen molar-refractivity contribution in [2.75, 3.05) is 0 Å². The second kappa shape index (κ2) is 6.14. The first kappa shape index (κ1) is 13.3. The van der Waals surface area contributed by atoms with Crippen LogP contribution >= 0.6 is 0 Å². The fourth-order valence-corrected chi connectivity index (χ4v) is 1.83. The Labute approximate surface area is 111 Å². The number of carbonyl (C=O) groups excluding carboxylic acids is 1. The van der Waals surface area contributed by atoms with Crippen molar-refractivity contribution in [3.05, 3.63) is 71.5 Å². The Morgan fingerprint density at radius 2 is 1.74 bits per heavy atom. The predicted molar refractivity (Wildman–Crippen MR) is 71.1 cm³/mol. The number of ether oxygens (including phenoxy) is 1. The third kappa shape index (κ3) is 3.65. The summed E-state index contributed by atoms with van der Waals surface area (Å²) in [7, 11) is 0. The summed E-state index contributed by atoms with van der Waals surface area (Å²) < 4.78 is 18.7. The molecule has 2 rings (SSSR count). The van der Waals surface area contributed by atoms with E-state index >= 15 is 0 Å². The van der Waals surface area contributed by atoms with Crippen LogP contribution in [0.2, 0.25) is 0 Å². The largest absolute Gasteiger partial charge is 0.458 e. The lowest BCUT2D eigenvalue weighted by Crippen LogP contribution is -2.12. The number of carbonyl (C=O) groups is 1. The molecular weight excluding hydrogens is 243 g/mol. The minimum absolute atomic E-state index is 0.0517. The SMILES string of the molecule is CC(OC(=O)Cc1ccccc1F)c1ccccc1. The van der Waals surface area contributed by atoms with Crippen LogP contribution < -0.4 is 0 Å². The molecule has 0 radical (unpaired) electrons. The predicted octanol–water partition coefficient (Wildman–Crippen LogP) is 3.67. The van der Waals surface area contributed by atoms with Crippen molar-refractivity contribution in [2.24, 2.45) is 0 Å². The van der Waals surface area contributed by atoms with Gasteiger partial charge in [-0.3, -0.25) is 4.79 Å². The fraction of sp³-hybridized carbons (Fsp3) is 0.188. The van der Waals surface area contributed by atoms with Gasteiger partial charge in [-0.25, -0.2) is 4.39 Å². The van der Waals surface area contributed by atoms with Gasteiger partial charge in [0.1, 0.15) is 11.9 Å². The maximum atomic E-state index is 13.4. The summed E-state index contributed by atoms with van der Waals surface area (Å²) in [5.74, 6) is -0.812. The van der Waals surface area contributed by atoms with Gasteiger partial charge in [0.05, 0.1) is 6.42 Å². The zero-order valence-electron chi connectivity index (χ0n) is 10.7. The van der Waals surface area contributed by atoms with E-state index in [9.17, 15) is 9.18 Å². The van der Waals surface area contributed by atoms with Crippen LogP contribution in [0.15, 0.2) is 54.6 Å². The number of rotatable bonds is 4. The molecule has 2 nitrogen and oxygen atoms in total. The van der Waals surface area contributed by atoms with Gasteiger partial charge in [-0.1, -0.05) is 48.5 Å². The van der Waals surface area contributed by atoms with Crippen LogP contribution in [0, 0.1) is 5.82 Å². The van der Waals surface area contributed by atoms with Crippen molar-refractivity contribution in [1.29, 1.82) is 0 Å². The number of hydrogen-bond acceptors (Lipinski definition) is 2. The lowest BCUT2D eigenvalue weighted by atomic mass is 10.1. The second-order valence-electron chi connectivity index (χ2n) is 4.31. The average Bonchev–Trinajstić information content (AvgIpc) is 2.42. The highest BCUT2D eigenvalue weighted by molar-refractivity contribution is 5.72. The first-order valence-electron chi connectivity index (χ1n) is 6.14. The number of esters is 1. The molecule has 0 aliphatic heterocycles. The van der Waals surface area contributed by atoms with Crippen LogP contribution in [-0.2, 0) is 16.0 Å². The smallest absolute Gasteiger partial charge is 0.310 e. The maximum absolute atomic E-state index is 13.4. The second-order valence-corrected chi connectivity index (χ2v) is 4.31. The molecule has 0 saturated heterocycles. The van der Waals surface area contributed by atoms with E-state index in [2.05, 4.69) is 0 Å². The molecule has 0 bridgehead atoms. The third-order valence-electron chi connectivity index (χ3n) is 2.87. The molecule has 0 saturated carbocycles. The lowest BCUT2D eigenvalue weighted by molar-refractivity contribution is -0.147. The van der Waals surface area contributed by atoms with Crippen molar-refractivity contribution < 1.29 is 13.9 Å². The first-order chi connectivity index (χ1) is 9.16. The molecule has 0 aliphatic carbocycles. The summed E-state index contributed by atoms with van der Waals surface area (Å²) in [4.78, 5) is 11.8. The van der Waals surface area contributed by atoms with Gasteiger partial charge in [0.2, 0.25) is 0 Å². The van der Waals surface area contributed by atoms with E-state index in [0.29, 0.717) is 5.56 Å². The summed E-state index contributed by atoms with van der Waals surface area (Å²) in [6, 6.07) is 15.7. The standard InChI is InChI=1S/C16H15FO2/c1-12(13-7-3-2-4-8-13)19-16(18)11-14-9-5-6-10-15(14)17/h2-10,12H,11H2,1H3. The molecule has 1 unspecified atom stereocenters. The Morgan fingerprint density at radius 3 is 2.42 bits per heavy atom. The van der Waals surface area contributed by atoms with E-state index in [1.165, 1.54) is 6.07 Å². The van der Waals surface area contributed by atoms with Crippen molar-refractivity contribution in [2.45, 2.75) is 19.4 Å². The highest BCUT2D eigenvalue weighted by atomic mass is 19.1. The number of hydrogen-bond donors (Lipinski definition) is 0. The highest BCUT2D eigenvalue weighted by Gasteiger charge is 2.13. The average molecular weight is 258 g/mol. The van der Waals surface area contributed by atoms with E-state index in [1.54, 1.807) is 25.1 Å². The fourth-order valence-electron chi connectivity index (χ4n) is 1.83. The summed E-state index contributed by atoms with van der Waals surface area (Å²) in [6.45, 7) is 1.80.